The molecule has 88 valence electrons. The van der Waals surface area contributed by atoms with Gasteiger partial charge < -0.3 is 0 Å². The van der Waals surface area contributed by atoms with Crippen LogP contribution in [0.5, 0.6) is 0 Å². The molecule has 4 heteroatoms. The number of nitrogens with zero attached hydrogens (tertiary/aromatic N) is 3. The average molecular weight is 228 g/mol. The predicted octanol–water partition coefficient (Wildman–Crippen LogP) is 1.79. The van der Waals surface area contributed by atoms with E-state index in [2.05, 4.69) is 32.2 Å². The fourth-order valence-corrected chi connectivity index (χ4v) is 2.47. The van der Waals surface area contributed by atoms with Crippen molar-refractivity contribution in [2.45, 2.75) is 18.9 Å². The molecule has 17 heavy (non-hydrogen) atoms. The van der Waals surface area contributed by atoms with Gasteiger partial charge in [-0.25, -0.2) is 0 Å². The lowest BCUT2D eigenvalue weighted by Crippen LogP contribution is -2.19. The van der Waals surface area contributed by atoms with E-state index >= 15 is 0 Å². The highest BCUT2D eigenvalue weighted by Crippen LogP contribution is 2.26. The highest BCUT2D eigenvalue weighted by Gasteiger charge is 2.24. The third-order valence-electron chi connectivity index (χ3n) is 3.36. The molecule has 0 amide bonds. The molecule has 0 spiro atoms. The maximum atomic E-state index is 4.15. The Hall–Kier alpha value is -1.68. The van der Waals surface area contributed by atoms with Gasteiger partial charge in [0.2, 0.25) is 0 Å². The van der Waals surface area contributed by atoms with E-state index in [9.17, 15) is 0 Å². The summed E-state index contributed by atoms with van der Waals surface area (Å²) < 4.78 is 0. The zero-order chi connectivity index (χ0) is 11.5. The van der Waals surface area contributed by atoms with Crippen LogP contribution in [-0.2, 0) is 6.54 Å². The minimum atomic E-state index is 0.606. The Labute approximate surface area is 101 Å². The number of hydrogen-bond acceptors (Lipinski definition) is 3. The Kier molecular flexibility index (Phi) is 2.88. The van der Waals surface area contributed by atoms with Crippen LogP contribution in [0.4, 0.5) is 0 Å². The molecule has 0 aromatic carbocycles. The standard InChI is InChI=1S/C13H16N4/c1-2-11(8-14-5-1)9-17-7-4-12(10-17)13-3-6-15-16-13/h1-3,5-6,8,12H,4,7,9-10H2,(H,15,16)/t12-/m1/s1. The van der Waals surface area contributed by atoms with Crippen LogP contribution in [0.25, 0.3) is 0 Å². The van der Waals surface area contributed by atoms with Crippen molar-refractivity contribution in [2.75, 3.05) is 13.1 Å². The van der Waals surface area contributed by atoms with E-state index in [0.29, 0.717) is 5.92 Å². The molecule has 0 aliphatic carbocycles. The smallest absolute Gasteiger partial charge is 0.0490 e. The van der Waals surface area contributed by atoms with E-state index in [1.807, 2.05) is 24.7 Å². The molecule has 0 saturated carbocycles. The van der Waals surface area contributed by atoms with Gasteiger partial charge in [-0.1, -0.05) is 6.07 Å². The van der Waals surface area contributed by atoms with E-state index in [0.717, 1.165) is 19.6 Å². The van der Waals surface area contributed by atoms with Crippen LogP contribution in [0.1, 0.15) is 23.6 Å². The summed E-state index contributed by atoms with van der Waals surface area (Å²) in [6, 6.07) is 6.21. The van der Waals surface area contributed by atoms with Crippen LogP contribution in [0.15, 0.2) is 36.8 Å². The first-order valence-electron chi connectivity index (χ1n) is 6.02. The minimum Gasteiger partial charge on any atom is -0.298 e. The molecule has 1 saturated heterocycles. The lowest BCUT2D eigenvalue weighted by Gasteiger charge is -2.15. The molecule has 0 radical (unpaired) electrons. The van der Waals surface area contributed by atoms with Crippen LogP contribution in [0, 0.1) is 0 Å². The van der Waals surface area contributed by atoms with Crippen molar-refractivity contribution in [1.29, 1.82) is 0 Å². The van der Waals surface area contributed by atoms with Gasteiger partial charge in [-0.2, -0.15) is 5.10 Å². The van der Waals surface area contributed by atoms with E-state index in [1.165, 1.54) is 17.7 Å². The molecule has 3 heterocycles. The van der Waals surface area contributed by atoms with Crippen LogP contribution >= 0.6 is 0 Å². The van der Waals surface area contributed by atoms with Gasteiger partial charge in [0.05, 0.1) is 0 Å². The van der Waals surface area contributed by atoms with Crippen LogP contribution in [0.2, 0.25) is 0 Å². The number of aromatic nitrogens is 3. The van der Waals surface area contributed by atoms with Crippen LogP contribution in [0.3, 0.4) is 0 Å². The van der Waals surface area contributed by atoms with Gasteiger partial charge in [0, 0.05) is 43.3 Å². The quantitative estimate of drug-likeness (QED) is 0.871. The van der Waals surface area contributed by atoms with Crippen molar-refractivity contribution in [2.24, 2.45) is 0 Å². The summed E-state index contributed by atoms with van der Waals surface area (Å²) in [5.41, 5.74) is 2.55. The van der Waals surface area contributed by atoms with E-state index in [1.54, 1.807) is 0 Å². The molecule has 1 aliphatic heterocycles. The topological polar surface area (TPSA) is 44.8 Å². The number of hydrogen-bond donors (Lipinski definition) is 1. The molecule has 2 aromatic heterocycles. The molecule has 1 N–H and O–H groups in total. The number of pyridine rings is 1. The Bertz CT molecular complexity index is 452. The third kappa shape index (κ3) is 2.36. The van der Waals surface area contributed by atoms with Gasteiger partial charge in [0.25, 0.3) is 0 Å². The number of aromatic amines is 1. The number of likely N-dealkylation sites (tertiary alicyclic amines) is 1. The van der Waals surface area contributed by atoms with Crippen LogP contribution < -0.4 is 0 Å². The molecule has 4 nitrogen and oxygen atoms in total. The van der Waals surface area contributed by atoms with Crippen molar-refractivity contribution in [1.82, 2.24) is 20.1 Å². The lowest BCUT2D eigenvalue weighted by atomic mass is 10.1. The fraction of sp³-hybridized carbons (Fsp3) is 0.385. The van der Waals surface area contributed by atoms with Crippen molar-refractivity contribution >= 4 is 0 Å². The second kappa shape index (κ2) is 4.67. The maximum absolute atomic E-state index is 4.15. The van der Waals surface area contributed by atoms with Gasteiger partial charge >= 0.3 is 0 Å². The molecule has 1 fully saturated rings. The minimum absolute atomic E-state index is 0.606. The molecule has 0 unspecified atom stereocenters. The summed E-state index contributed by atoms with van der Waals surface area (Å²) in [6.07, 6.45) is 6.81. The average Bonchev–Trinajstić information content (AvgIpc) is 3.00. The molecule has 3 rings (SSSR count). The lowest BCUT2D eigenvalue weighted by molar-refractivity contribution is 0.326. The first-order valence-corrected chi connectivity index (χ1v) is 6.02. The highest BCUT2D eigenvalue weighted by molar-refractivity contribution is 5.11. The van der Waals surface area contributed by atoms with Crippen molar-refractivity contribution in [3.8, 4) is 0 Å². The number of nitrogens with one attached hydrogen (secondary N) is 1. The zero-order valence-corrected chi connectivity index (χ0v) is 9.71. The predicted molar refractivity (Wildman–Crippen MR) is 65.5 cm³/mol. The van der Waals surface area contributed by atoms with Gasteiger partial charge in [-0.15, -0.1) is 0 Å². The zero-order valence-electron chi connectivity index (χ0n) is 9.71. The van der Waals surface area contributed by atoms with Gasteiger partial charge in [0.1, 0.15) is 0 Å². The third-order valence-corrected chi connectivity index (χ3v) is 3.36. The monoisotopic (exact) mass is 228 g/mol. The Morgan fingerprint density at radius 2 is 2.35 bits per heavy atom. The summed E-state index contributed by atoms with van der Waals surface area (Å²) in [7, 11) is 0. The summed E-state index contributed by atoms with van der Waals surface area (Å²) in [6.45, 7) is 3.26. The van der Waals surface area contributed by atoms with Crippen LogP contribution in [-0.4, -0.2) is 33.2 Å². The number of H-pyrrole nitrogens is 1. The first-order chi connectivity index (χ1) is 8.42. The first kappa shape index (κ1) is 10.5. The summed E-state index contributed by atoms with van der Waals surface area (Å²) in [5, 5.41) is 7.10. The summed E-state index contributed by atoms with van der Waals surface area (Å²) >= 11 is 0. The molecule has 1 atom stereocenters. The fourth-order valence-electron chi connectivity index (χ4n) is 2.47. The summed E-state index contributed by atoms with van der Waals surface area (Å²) in [4.78, 5) is 6.63. The second-order valence-corrected chi connectivity index (χ2v) is 4.59. The highest BCUT2D eigenvalue weighted by atomic mass is 15.2. The summed E-state index contributed by atoms with van der Waals surface area (Å²) in [5.74, 6) is 0.606. The maximum Gasteiger partial charge on any atom is 0.0490 e. The van der Waals surface area contributed by atoms with Crippen molar-refractivity contribution in [3.63, 3.8) is 0 Å². The molecule has 1 aliphatic rings. The molecular formula is C13H16N4. The van der Waals surface area contributed by atoms with Gasteiger partial charge in [-0.05, 0) is 30.7 Å². The Balaban J connectivity index is 1.61. The van der Waals surface area contributed by atoms with Gasteiger partial charge in [-0.3, -0.25) is 15.0 Å². The van der Waals surface area contributed by atoms with E-state index in [4.69, 9.17) is 0 Å². The Morgan fingerprint density at radius 3 is 3.12 bits per heavy atom. The molecule has 2 aromatic rings. The van der Waals surface area contributed by atoms with Gasteiger partial charge in [0.15, 0.2) is 0 Å². The van der Waals surface area contributed by atoms with E-state index in [-0.39, 0.29) is 0 Å². The molecular weight excluding hydrogens is 212 g/mol. The largest absolute Gasteiger partial charge is 0.298 e. The number of rotatable bonds is 3. The SMILES string of the molecule is c1cncc(CN2CC[C@@H](c3ccn[nH]3)C2)c1. The second-order valence-electron chi connectivity index (χ2n) is 4.59. The Morgan fingerprint density at radius 1 is 1.35 bits per heavy atom. The van der Waals surface area contributed by atoms with Crippen molar-refractivity contribution < 1.29 is 0 Å². The molecule has 0 bridgehead atoms. The van der Waals surface area contributed by atoms with Crippen molar-refractivity contribution in [3.05, 3.63) is 48.0 Å². The normalized spacial score (nSPS) is 20.8. The van der Waals surface area contributed by atoms with E-state index < -0.39 is 0 Å².